The Morgan fingerprint density at radius 3 is 2.71 bits per heavy atom. The van der Waals surface area contributed by atoms with Crippen molar-refractivity contribution in [1.82, 2.24) is 14.9 Å². The largest absolute Gasteiger partial charge is 0.458 e. The Bertz CT molecular complexity index is 1580. The quantitative estimate of drug-likeness (QED) is 0.210. The van der Waals surface area contributed by atoms with Crippen LogP contribution in [0.25, 0.3) is 15.6 Å². The second-order valence-corrected chi connectivity index (χ2v) is 12.6. The van der Waals surface area contributed by atoms with Crippen LogP contribution in [0.2, 0.25) is 5.02 Å². The van der Waals surface area contributed by atoms with Crippen LogP contribution in [0.3, 0.4) is 0 Å². The Labute approximate surface area is 270 Å². The van der Waals surface area contributed by atoms with Gasteiger partial charge in [0.15, 0.2) is 0 Å². The minimum Gasteiger partial charge on any atom is -0.458 e. The van der Waals surface area contributed by atoms with Crippen LogP contribution in [0.4, 0.5) is 11.5 Å². The van der Waals surface area contributed by atoms with E-state index in [1.807, 2.05) is 19.1 Å². The molecule has 3 aromatic rings. The van der Waals surface area contributed by atoms with Crippen molar-refractivity contribution in [2.75, 3.05) is 49.1 Å². The van der Waals surface area contributed by atoms with E-state index in [9.17, 15) is 4.79 Å². The number of anilines is 2. The predicted octanol–water partition coefficient (Wildman–Crippen LogP) is 6.08. The number of hydrogen-bond donors (Lipinski definition) is 0. The summed E-state index contributed by atoms with van der Waals surface area (Å²) >= 11 is 6.71. The first kappa shape index (κ1) is 31.1. The van der Waals surface area contributed by atoms with Crippen LogP contribution in [0.15, 0.2) is 49.1 Å². The van der Waals surface area contributed by atoms with E-state index < -0.39 is 0 Å². The van der Waals surface area contributed by atoms with E-state index in [1.54, 1.807) is 4.90 Å². The summed E-state index contributed by atoms with van der Waals surface area (Å²) in [7, 11) is 0. The summed E-state index contributed by atoms with van der Waals surface area (Å²) in [5, 5.41) is 2.86. The molecule has 2 aliphatic heterocycles. The molecule has 0 spiro atoms. The molecule has 0 unspecified atom stereocenters. The number of aromatic nitrogens is 2. The molecule has 0 radical (unpaired) electrons. The molecule has 236 valence electrons. The van der Waals surface area contributed by atoms with Crippen molar-refractivity contribution >= 4 is 39.8 Å². The second-order valence-electron chi connectivity index (χ2n) is 12.2. The fraction of sp³-hybridized carbons (Fsp3) is 0.486. The topological polar surface area (TPSA) is 75.4 Å². The number of ether oxygens (including phenoxy) is 2. The summed E-state index contributed by atoms with van der Waals surface area (Å²) in [6.45, 7) is 16.8. The highest BCUT2D eigenvalue weighted by molar-refractivity contribution is 6.36. The molecule has 0 N–H and O–H groups in total. The number of amides is 1. The Morgan fingerprint density at radius 2 is 1.93 bits per heavy atom. The van der Waals surface area contributed by atoms with Gasteiger partial charge in [-0.15, -0.1) is 0 Å². The van der Waals surface area contributed by atoms with E-state index in [1.165, 1.54) is 25.3 Å². The third kappa shape index (κ3) is 6.87. The smallest absolute Gasteiger partial charge is 0.319 e. The maximum absolute atomic E-state index is 12.6. The van der Waals surface area contributed by atoms with Crippen LogP contribution in [-0.2, 0) is 22.5 Å². The van der Waals surface area contributed by atoms with Gasteiger partial charge in [0.2, 0.25) is 12.5 Å². The number of rotatable bonds is 9. The molecule has 1 saturated heterocycles. The van der Waals surface area contributed by atoms with E-state index in [2.05, 4.69) is 45.5 Å². The van der Waals surface area contributed by atoms with Gasteiger partial charge in [0.25, 0.3) is 0 Å². The molecule has 1 amide bonds. The summed E-state index contributed by atoms with van der Waals surface area (Å²) in [5.74, 6) is 0.680. The van der Waals surface area contributed by atoms with Gasteiger partial charge in [0, 0.05) is 42.8 Å². The molecule has 1 saturated carbocycles. The number of nitrogens with zero attached hydrogens (tertiary/aromatic N) is 6. The monoisotopic (exact) mass is 628 g/mol. The zero-order valence-electron chi connectivity index (χ0n) is 26.0. The summed E-state index contributed by atoms with van der Waals surface area (Å²) < 4.78 is 12.5. The van der Waals surface area contributed by atoms with Gasteiger partial charge in [0.05, 0.1) is 30.0 Å². The van der Waals surface area contributed by atoms with Crippen LogP contribution in [0.1, 0.15) is 50.3 Å². The molecule has 3 heterocycles. The maximum atomic E-state index is 12.6. The maximum Gasteiger partial charge on any atom is 0.319 e. The summed E-state index contributed by atoms with van der Waals surface area (Å²) in [5.41, 5.74) is 3.08. The van der Waals surface area contributed by atoms with Crippen molar-refractivity contribution < 1.29 is 14.3 Å². The number of hydrogen-bond acceptors (Lipinski definition) is 7. The zero-order valence-corrected chi connectivity index (χ0v) is 26.7. The minimum absolute atomic E-state index is 0.145. The molecule has 2 fully saturated rings. The van der Waals surface area contributed by atoms with Gasteiger partial charge in [-0.2, -0.15) is 9.97 Å². The molecular weight excluding hydrogens is 588 g/mol. The van der Waals surface area contributed by atoms with Gasteiger partial charge in [-0.05, 0) is 49.8 Å². The normalized spacial score (nSPS) is 19.6. The Kier molecular flexibility index (Phi) is 9.72. The Hall–Kier alpha value is -3.87. The van der Waals surface area contributed by atoms with Crippen LogP contribution in [-0.4, -0.2) is 78.4 Å². The van der Waals surface area contributed by atoms with Crippen molar-refractivity contribution in [3.63, 3.8) is 0 Å². The van der Waals surface area contributed by atoms with E-state index in [-0.39, 0.29) is 24.6 Å². The lowest BCUT2D eigenvalue weighted by Gasteiger charge is -2.41. The van der Waals surface area contributed by atoms with Crippen LogP contribution in [0, 0.1) is 6.57 Å². The minimum atomic E-state index is -0.252. The highest BCUT2D eigenvalue weighted by Crippen LogP contribution is 2.37. The molecule has 2 atom stereocenters. The molecule has 2 aromatic carbocycles. The van der Waals surface area contributed by atoms with Crippen molar-refractivity contribution in [3.8, 4) is 6.01 Å². The fourth-order valence-electron chi connectivity index (χ4n) is 6.88. The predicted molar refractivity (Wildman–Crippen MR) is 178 cm³/mol. The van der Waals surface area contributed by atoms with Gasteiger partial charge < -0.3 is 29.0 Å². The number of benzene rings is 2. The average Bonchev–Trinajstić information content (AvgIpc) is 3.07. The van der Waals surface area contributed by atoms with E-state index >= 15 is 0 Å². The molecule has 45 heavy (non-hydrogen) atoms. The van der Waals surface area contributed by atoms with Gasteiger partial charge in [0.1, 0.15) is 18.0 Å². The number of carbonyl (C=O) groups excluding carboxylic acids is 1. The highest BCUT2D eigenvalue weighted by atomic mass is 35.5. The lowest BCUT2D eigenvalue weighted by Crippen LogP contribution is -2.56. The molecule has 1 aromatic heterocycles. The highest BCUT2D eigenvalue weighted by Gasteiger charge is 2.35. The van der Waals surface area contributed by atoms with Crippen molar-refractivity contribution in [2.24, 2.45) is 0 Å². The number of fused-ring (bicyclic) bond motifs is 2. The molecule has 10 heteroatoms. The standard InChI is InChI=1S/C35H41ClN6O3/c1-4-32(43)42-19-18-41(21-26(42)20-37-3)34-28-16-17-40(31-15-9-11-25-10-8-14-29(36)33(25)31)22-30(28)38-35(39-34)45-24(2)23-44-27-12-6-5-7-13-27/h4,8-11,14-15,24,26-27H,1,5-7,12-13,16-23H2,2H3/t24-,26-/m0/s1. The Balaban J connectivity index is 1.30. The second kappa shape index (κ2) is 14.1. The van der Waals surface area contributed by atoms with Crippen molar-refractivity contribution in [2.45, 2.75) is 70.2 Å². The zero-order chi connectivity index (χ0) is 31.3. The Morgan fingerprint density at radius 1 is 1.13 bits per heavy atom. The van der Waals surface area contributed by atoms with Crippen molar-refractivity contribution in [3.05, 3.63) is 76.8 Å². The van der Waals surface area contributed by atoms with Gasteiger partial charge in [-0.3, -0.25) is 4.79 Å². The molecule has 9 nitrogen and oxygen atoms in total. The van der Waals surface area contributed by atoms with Crippen LogP contribution >= 0.6 is 11.6 Å². The number of halogens is 1. The first-order valence-electron chi connectivity index (χ1n) is 16.1. The average molecular weight is 629 g/mol. The third-order valence-corrected chi connectivity index (χ3v) is 9.48. The number of piperazine rings is 1. The number of carbonyl (C=O) groups is 1. The molecular formula is C35H41ClN6O3. The molecule has 6 rings (SSSR count). The van der Waals surface area contributed by atoms with E-state index in [0.717, 1.165) is 64.4 Å². The fourth-order valence-corrected chi connectivity index (χ4v) is 7.16. The van der Waals surface area contributed by atoms with Gasteiger partial charge >= 0.3 is 6.01 Å². The first-order valence-corrected chi connectivity index (χ1v) is 16.4. The summed E-state index contributed by atoms with van der Waals surface area (Å²) in [4.78, 5) is 32.5. The third-order valence-electron chi connectivity index (χ3n) is 9.16. The molecule has 1 aliphatic carbocycles. The summed E-state index contributed by atoms with van der Waals surface area (Å²) in [6, 6.07) is 12.3. The van der Waals surface area contributed by atoms with Crippen LogP contribution in [0.5, 0.6) is 6.01 Å². The van der Waals surface area contributed by atoms with Crippen molar-refractivity contribution in [1.29, 1.82) is 0 Å². The lowest BCUT2D eigenvalue weighted by atomic mass is 9.98. The van der Waals surface area contributed by atoms with E-state index in [0.29, 0.717) is 44.9 Å². The van der Waals surface area contributed by atoms with Crippen LogP contribution < -0.4 is 14.5 Å². The van der Waals surface area contributed by atoms with Gasteiger partial charge in [-0.1, -0.05) is 61.7 Å². The van der Waals surface area contributed by atoms with Gasteiger partial charge in [-0.25, -0.2) is 6.57 Å². The first-order chi connectivity index (χ1) is 21.9. The van der Waals surface area contributed by atoms with E-state index in [4.69, 9.17) is 37.6 Å². The summed E-state index contributed by atoms with van der Waals surface area (Å²) in [6.07, 6.45) is 8.07. The molecule has 3 aliphatic rings. The molecule has 0 bridgehead atoms. The lowest BCUT2D eigenvalue weighted by molar-refractivity contribution is -0.128. The SMILES string of the molecule is [C-]#[N+]C[C@H]1CN(c2nc(O[C@@H](C)COC3CCCCC3)nc3c2CCN(c2cccc4cccc(Cl)c24)C3)CCN1C(=O)C=C.